The Kier molecular flexibility index (Phi) is 3.86. The Morgan fingerprint density at radius 3 is 2.88 bits per heavy atom. The largest absolute Gasteiger partial charge is 0.469 e. The summed E-state index contributed by atoms with van der Waals surface area (Å²) in [5.74, 6) is 0.970. The lowest BCUT2D eigenvalue weighted by molar-refractivity contribution is 0.0624. The second-order valence-corrected chi connectivity index (χ2v) is 5.14. The van der Waals surface area contributed by atoms with Gasteiger partial charge in [0, 0.05) is 30.7 Å². The van der Waals surface area contributed by atoms with Gasteiger partial charge in [-0.1, -0.05) is 0 Å². The Hall–Kier alpha value is -0.840. The van der Waals surface area contributed by atoms with Crippen molar-refractivity contribution in [1.82, 2.24) is 4.90 Å². The van der Waals surface area contributed by atoms with Gasteiger partial charge >= 0.3 is 0 Å². The van der Waals surface area contributed by atoms with Crippen molar-refractivity contribution in [1.29, 1.82) is 0 Å². The van der Waals surface area contributed by atoms with E-state index >= 15 is 0 Å². The summed E-state index contributed by atoms with van der Waals surface area (Å²) in [5, 5.41) is 9.52. The quantitative estimate of drug-likeness (QED) is 0.844. The molecule has 1 saturated heterocycles. The lowest BCUT2D eigenvalue weighted by atomic mass is 9.88. The Labute approximate surface area is 102 Å². The first-order valence-electron chi connectivity index (χ1n) is 6.05. The molecule has 1 N–H and O–H groups in total. The van der Waals surface area contributed by atoms with E-state index in [1.165, 1.54) is 5.56 Å². The van der Waals surface area contributed by atoms with E-state index in [-0.39, 0.29) is 12.0 Å². The first-order valence-corrected chi connectivity index (χ1v) is 6.05. The average Bonchev–Trinajstić information content (AvgIpc) is 2.90. The topological polar surface area (TPSA) is 45.8 Å². The number of nitrogens with zero attached hydrogens (tertiary/aromatic N) is 1. The van der Waals surface area contributed by atoms with E-state index < -0.39 is 0 Å². The molecule has 1 aromatic heterocycles. The zero-order chi connectivity index (χ0) is 12.3. The fraction of sp³-hybridized carbons (Fsp3) is 0.692. The third-order valence-electron chi connectivity index (χ3n) is 3.53. The Balaban J connectivity index is 1.92. The molecule has 0 radical (unpaired) electrons. The van der Waals surface area contributed by atoms with Gasteiger partial charge in [-0.05, 0) is 26.5 Å². The molecule has 1 aromatic rings. The average molecular weight is 239 g/mol. The molecule has 17 heavy (non-hydrogen) atoms. The maximum Gasteiger partial charge on any atom is 0.105 e. The highest BCUT2D eigenvalue weighted by molar-refractivity contribution is 5.15. The Bertz CT molecular complexity index is 355. The SMILES string of the molecule is Cc1occc1CN(C)CC1(CO)CCOC1. The van der Waals surface area contributed by atoms with Crippen LogP contribution in [0, 0.1) is 12.3 Å². The zero-order valence-electron chi connectivity index (χ0n) is 10.6. The fourth-order valence-electron chi connectivity index (χ4n) is 2.44. The van der Waals surface area contributed by atoms with Crippen molar-refractivity contribution in [2.75, 3.05) is 33.4 Å². The summed E-state index contributed by atoms with van der Waals surface area (Å²) in [6, 6.07) is 2.00. The minimum atomic E-state index is -0.0770. The van der Waals surface area contributed by atoms with Crippen LogP contribution in [0.25, 0.3) is 0 Å². The molecule has 96 valence electrons. The van der Waals surface area contributed by atoms with E-state index in [2.05, 4.69) is 11.9 Å². The van der Waals surface area contributed by atoms with Crippen LogP contribution >= 0.6 is 0 Å². The van der Waals surface area contributed by atoms with Crippen LogP contribution in [0.5, 0.6) is 0 Å². The number of furan rings is 1. The van der Waals surface area contributed by atoms with Crippen molar-refractivity contribution in [3.63, 3.8) is 0 Å². The van der Waals surface area contributed by atoms with Crippen LogP contribution in [0.3, 0.4) is 0 Å². The van der Waals surface area contributed by atoms with Crippen molar-refractivity contribution < 1.29 is 14.3 Å². The second-order valence-electron chi connectivity index (χ2n) is 5.14. The van der Waals surface area contributed by atoms with Crippen molar-refractivity contribution >= 4 is 0 Å². The van der Waals surface area contributed by atoms with Gasteiger partial charge < -0.3 is 19.2 Å². The monoisotopic (exact) mass is 239 g/mol. The zero-order valence-corrected chi connectivity index (χ0v) is 10.6. The normalized spacial score (nSPS) is 24.7. The van der Waals surface area contributed by atoms with E-state index in [9.17, 15) is 5.11 Å². The molecule has 1 aliphatic heterocycles. The number of ether oxygens (including phenoxy) is 1. The number of aliphatic hydroxyl groups is 1. The summed E-state index contributed by atoms with van der Waals surface area (Å²) in [6.07, 6.45) is 2.66. The number of aliphatic hydroxyl groups excluding tert-OH is 1. The standard InChI is InChI=1S/C13H21NO3/c1-11-12(3-5-17-11)7-14(2)8-13(9-15)4-6-16-10-13/h3,5,15H,4,6-10H2,1-2H3. The maximum atomic E-state index is 9.52. The number of hydrogen-bond donors (Lipinski definition) is 1. The number of rotatable bonds is 5. The summed E-state index contributed by atoms with van der Waals surface area (Å²) >= 11 is 0. The summed E-state index contributed by atoms with van der Waals surface area (Å²) in [7, 11) is 2.07. The molecule has 1 unspecified atom stereocenters. The van der Waals surface area contributed by atoms with Gasteiger partial charge in [0.25, 0.3) is 0 Å². The van der Waals surface area contributed by atoms with Crippen LogP contribution in [0.15, 0.2) is 16.7 Å². The van der Waals surface area contributed by atoms with Crippen LogP contribution in [0.2, 0.25) is 0 Å². The van der Waals surface area contributed by atoms with Crippen molar-refractivity contribution in [3.8, 4) is 0 Å². The predicted molar refractivity (Wildman–Crippen MR) is 64.7 cm³/mol. The minimum absolute atomic E-state index is 0.0770. The first kappa shape index (κ1) is 12.6. The molecular weight excluding hydrogens is 218 g/mol. The number of hydrogen-bond acceptors (Lipinski definition) is 4. The molecule has 2 rings (SSSR count). The highest BCUT2D eigenvalue weighted by Gasteiger charge is 2.35. The van der Waals surface area contributed by atoms with Gasteiger partial charge in [-0.3, -0.25) is 0 Å². The van der Waals surface area contributed by atoms with Gasteiger partial charge in [0.1, 0.15) is 5.76 Å². The second kappa shape index (κ2) is 5.21. The van der Waals surface area contributed by atoms with Crippen LogP contribution in [-0.2, 0) is 11.3 Å². The van der Waals surface area contributed by atoms with Gasteiger partial charge in [-0.25, -0.2) is 0 Å². The maximum absolute atomic E-state index is 9.52. The third kappa shape index (κ3) is 2.89. The lowest BCUT2D eigenvalue weighted by Crippen LogP contribution is -2.38. The van der Waals surface area contributed by atoms with Crippen molar-refractivity contribution in [2.45, 2.75) is 19.9 Å². The van der Waals surface area contributed by atoms with E-state index in [0.717, 1.165) is 31.9 Å². The molecule has 0 bridgehead atoms. The Morgan fingerprint density at radius 2 is 2.35 bits per heavy atom. The molecule has 0 saturated carbocycles. The molecule has 0 amide bonds. The van der Waals surface area contributed by atoms with Gasteiger partial charge in [0.05, 0.1) is 19.5 Å². The molecular formula is C13H21NO3. The summed E-state index contributed by atoms with van der Waals surface area (Å²) in [6.45, 7) is 5.31. The van der Waals surface area contributed by atoms with E-state index in [1.54, 1.807) is 6.26 Å². The van der Waals surface area contributed by atoms with Gasteiger partial charge in [-0.15, -0.1) is 0 Å². The van der Waals surface area contributed by atoms with E-state index in [4.69, 9.17) is 9.15 Å². The molecule has 2 heterocycles. The summed E-state index contributed by atoms with van der Waals surface area (Å²) < 4.78 is 10.7. The van der Waals surface area contributed by atoms with Gasteiger partial charge in [0.2, 0.25) is 0 Å². The molecule has 0 aliphatic carbocycles. The molecule has 4 nitrogen and oxygen atoms in total. The smallest absolute Gasteiger partial charge is 0.105 e. The molecule has 1 fully saturated rings. The van der Waals surface area contributed by atoms with Crippen LogP contribution in [-0.4, -0.2) is 43.4 Å². The van der Waals surface area contributed by atoms with E-state index in [0.29, 0.717) is 6.61 Å². The molecule has 4 heteroatoms. The van der Waals surface area contributed by atoms with E-state index in [1.807, 2.05) is 13.0 Å². The van der Waals surface area contributed by atoms with Crippen LogP contribution < -0.4 is 0 Å². The van der Waals surface area contributed by atoms with Crippen LogP contribution in [0.1, 0.15) is 17.7 Å². The predicted octanol–water partition coefficient (Wildman–Crippen LogP) is 1.42. The van der Waals surface area contributed by atoms with Crippen molar-refractivity contribution in [3.05, 3.63) is 23.7 Å². The molecule has 1 atom stereocenters. The lowest BCUT2D eigenvalue weighted by Gasteiger charge is -2.30. The number of aryl methyl sites for hydroxylation is 1. The Morgan fingerprint density at radius 1 is 1.53 bits per heavy atom. The highest BCUT2D eigenvalue weighted by atomic mass is 16.5. The third-order valence-corrected chi connectivity index (χ3v) is 3.53. The van der Waals surface area contributed by atoms with Gasteiger partial charge in [-0.2, -0.15) is 0 Å². The highest BCUT2D eigenvalue weighted by Crippen LogP contribution is 2.29. The molecule has 0 spiro atoms. The minimum Gasteiger partial charge on any atom is -0.469 e. The van der Waals surface area contributed by atoms with Crippen molar-refractivity contribution in [2.24, 2.45) is 5.41 Å². The summed E-state index contributed by atoms with van der Waals surface area (Å²) in [4.78, 5) is 2.22. The fourth-order valence-corrected chi connectivity index (χ4v) is 2.44. The molecule has 0 aromatic carbocycles. The molecule has 1 aliphatic rings. The van der Waals surface area contributed by atoms with Crippen LogP contribution in [0.4, 0.5) is 0 Å². The van der Waals surface area contributed by atoms with Gasteiger partial charge in [0.15, 0.2) is 0 Å². The first-order chi connectivity index (χ1) is 8.15. The summed E-state index contributed by atoms with van der Waals surface area (Å²) in [5.41, 5.74) is 1.13.